The molecule has 0 fully saturated rings. The number of rotatable bonds is 9. The van der Waals surface area contributed by atoms with Gasteiger partial charge >= 0.3 is 0 Å². The van der Waals surface area contributed by atoms with Crippen LogP contribution in [0.1, 0.15) is 41.3 Å². The maximum absolute atomic E-state index is 12.9. The second-order valence-corrected chi connectivity index (χ2v) is 9.41. The van der Waals surface area contributed by atoms with Gasteiger partial charge in [0.2, 0.25) is 0 Å². The Morgan fingerprint density at radius 3 is 2.22 bits per heavy atom. The van der Waals surface area contributed by atoms with Crippen LogP contribution < -0.4 is 14.8 Å². The van der Waals surface area contributed by atoms with Gasteiger partial charge in [0.15, 0.2) is 0 Å². The zero-order valence-corrected chi connectivity index (χ0v) is 19.3. The van der Waals surface area contributed by atoms with Gasteiger partial charge < -0.3 is 10.1 Å². The van der Waals surface area contributed by atoms with Gasteiger partial charge in [-0.15, -0.1) is 0 Å². The van der Waals surface area contributed by atoms with E-state index in [1.807, 2.05) is 38.1 Å². The van der Waals surface area contributed by atoms with Crippen LogP contribution >= 0.6 is 0 Å². The fourth-order valence-electron chi connectivity index (χ4n) is 3.21. The lowest BCUT2D eigenvalue weighted by Crippen LogP contribution is -2.27. The molecule has 1 amide bonds. The second kappa shape index (κ2) is 10.3. The van der Waals surface area contributed by atoms with Crippen molar-refractivity contribution in [2.45, 2.75) is 31.1 Å². The zero-order valence-electron chi connectivity index (χ0n) is 18.5. The van der Waals surface area contributed by atoms with Crippen molar-refractivity contribution in [3.63, 3.8) is 0 Å². The minimum atomic E-state index is -3.82. The number of sulfonamides is 1. The monoisotopic (exact) mass is 452 g/mol. The van der Waals surface area contributed by atoms with Gasteiger partial charge in [-0.3, -0.25) is 9.52 Å². The van der Waals surface area contributed by atoms with E-state index in [-0.39, 0.29) is 22.1 Å². The normalized spacial score (nSPS) is 11.2. The first kappa shape index (κ1) is 23.3. The van der Waals surface area contributed by atoms with Crippen molar-refractivity contribution in [1.82, 2.24) is 5.32 Å². The lowest BCUT2D eigenvalue weighted by molar-refractivity contribution is 0.0955. The molecule has 3 aromatic rings. The Balaban J connectivity index is 1.68. The van der Waals surface area contributed by atoms with Gasteiger partial charge in [0.05, 0.1) is 23.3 Å². The van der Waals surface area contributed by atoms with Crippen LogP contribution in [0, 0.1) is 0 Å². The van der Waals surface area contributed by atoms with Crippen LogP contribution in [0.15, 0.2) is 77.7 Å². The number of carbonyl (C=O) groups excluding carboxylic acids is 1. The van der Waals surface area contributed by atoms with E-state index in [1.54, 1.807) is 55.6 Å². The number of para-hydroxylation sites is 1. The Labute approximate surface area is 189 Å². The molecule has 3 rings (SSSR count). The maximum atomic E-state index is 12.9. The molecule has 168 valence electrons. The average molecular weight is 453 g/mol. The standard InChI is InChI=1S/C25H28N2O4S/c1-18(2)20-10-14-22(15-11-20)32(29,30)27-24-7-5-4-6-23(24)25(28)26-17-16-19-8-12-21(31-3)13-9-19/h4-15,18,27H,16-17H2,1-3H3,(H,26,28). The van der Waals surface area contributed by atoms with Crippen LogP contribution in [0.3, 0.4) is 0 Å². The topological polar surface area (TPSA) is 84.5 Å². The summed E-state index contributed by atoms with van der Waals surface area (Å²) >= 11 is 0. The molecule has 32 heavy (non-hydrogen) atoms. The second-order valence-electron chi connectivity index (χ2n) is 7.73. The Hall–Kier alpha value is -3.32. The predicted octanol–water partition coefficient (Wildman–Crippen LogP) is 4.59. The van der Waals surface area contributed by atoms with Crippen LogP contribution in [0.4, 0.5) is 5.69 Å². The van der Waals surface area contributed by atoms with Crippen molar-refractivity contribution in [3.05, 3.63) is 89.5 Å². The molecule has 0 saturated carbocycles. The van der Waals surface area contributed by atoms with E-state index in [0.29, 0.717) is 18.9 Å². The summed E-state index contributed by atoms with van der Waals surface area (Å²) in [5, 5.41) is 2.86. The molecule has 0 aromatic heterocycles. The zero-order chi connectivity index (χ0) is 23.1. The molecular weight excluding hydrogens is 424 g/mol. The molecule has 0 spiro atoms. The Kier molecular flexibility index (Phi) is 7.53. The average Bonchev–Trinajstić information content (AvgIpc) is 2.79. The van der Waals surface area contributed by atoms with Crippen molar-refractivity contribution in [3.8, 4) is 5.75 Å². The number of methoxy groups -OCH3 is 1. The number of hydrogen-bond acceptors (Lipinski definition) is 4. The first-order valence-electron chi connectivity index (χ1n) is 10.4. The summed E-state index contributed by atoms with van der Waals surface area (Å²) < 4.78 is 33.4. The number of benzene rings is 3. The highest BCUT2D eigenvalue weighted by atomic mass is 32.2. The van der Waals surface area contributed by atoms with Crippen molar-refractivity contribution in [1.29, 1.82) is 0 Å². The van der Waals surface area contributed by atoms with E-state index in [1.165, 1.54) is 0 Å². The number of anilines is 1. The van der Waals surface area contributed by atoms with Crippen molar-refractivity contribution >= 4 is 21.6 Å². The number of amides is 1. The van der Waals surface area contributed by atoms with Gasteiger partial charge in [-0.1, -0.05) is 50.2 Å². The van der Waals surface area contributed by atoms with Crippen molar-refractivity contribution in [2.75, 3.05) is 18.4 Å². The predicted molar refractivity (Wildman–Crippen MR) is 127 cm³/mol. The SMILES string of the molecule is COc1ccc(CCNC(=O)c2ccccc2NS(=O)(=O)c2ccc(C(C)C)cc2)cc1. The van der Waals surface area contributed by atoms with E-state index < -0.39 is 10.0 Å². The fourth-order valence-corrected chi connectivity index (χ4v) is 4.29. The van der Waals surface area contributed by atoms with Crippen LogP contribution in [-0.4, -0.2) is 28.0 Å². The van der Waals surface area contributed by atoms with Crippen LogP contribution in [0.5, 0.6) is 5.75 Å². The summed E-state index contributed by atoms with van der Waals surface area (Å²) in [6.45, 7) is 4.51. The van der Waals surface area contributed by atoms with E-state index in [9.17, 15) is 13.2 Å². The lowest BCUT2D eigenvalue weighted by atomic mass is 10.0. The minimum absolute atomic E-state index is 0.150. The molecule has 0 aliphatic heterocycles. The third-order valence-electron chi connectivity index (χ3n) is 5.13. The van der Waals surface area contributed by atoms with Crippen molar-refractivity contribution < 1.29 is 17.9 Å². The summed E-state index contributed by atoms with van der Waals surface area (Å²) in [6, 6.07) is 21.0. The number of carbonyl (C=O) groups is 1. The highest BCUT2D eigenvalue weighted by Crippen LogP contribution is 2.22. The van der Waals surface area contributed by atoms with E-state index in [4.69, 9.17) is 4.74 Å². The van der Waals surface area contributed by atoms with Gasteiger partial charge in [-0.25, -0.2) is 8.42 Å². The third-order valence-corrected chi connectivity index (χ3v) is 6.51. The van der Waals surface area contributed by atoms with Gasteiger partial charge in [-0.2, -0.15) is 0 Å². The Bertz CT molecular complexity index is 1160. The quantitative estimate of drug-likeness (QED) is 0.497. The molecule has 0 unspecified atom stereocenters. The van der Waals surface area contributed by atoms with Crippen molar-refractivity contribution in [2.24, 2.45) is 0 Å². The molecule has 0 atom stereocenters. The van der Waals surface area contributed by atoms with E-state index in [0.717, 1.165) is 16.9 Å². The molecule has 3 aromatic carbocycles. The summed E-state index contributed by atoms with van der Waals surface area (Å²) in [7, 11) is -2.21. The maximum Gasteiger partial charge on any atom is 0.261 e. The van der Waals surface area contributed by atoms with E-state index >= 15 is 0 Å². The smallest absolute Gasteiger partial charge is 0.261 e. The molecule has 0 bridgehead atoms. The molecule has 0 heterocycles. The number of nitrogens with one attached hydrogen (secondary N) is 2. The molecule has 7 heteroatoms. The Morgan fingerprint density at radius 2 is 1.59 bits per heavy atom. The van der Waals surface area contributed by atoms with Crippen LogP contribution in [0.25, 0.3) is 0 Å². The van der Waals surface area contributed by atoms with Gasteiger partial charge in [0.25, 0.3) is 15.9 Å². The Morgan fingerprint density at radius 1 is 0.938 bits per heavy atom. The van der Waals surface area contributed by atoms with Gasteiger partial charge in [-0.05, 0) is 59.9 Å². The first-order valence-corrected chi connectivity index (χ1v) is 11.9. The van der Waals surface area contributed by atoms with Crippen LogP contribution in [0.2, 0.25) is 0 Å². The number of ether oxygens (including phenoxy) is 1. The van der Waals surface area contributed by atoms with Gasteiger partial charge in [0.1, 0.15) is 5.75 Å². The fraction of sp³-hybridized carbons (Fsp3) is 0.240. The molecule has 0 saturated heterocycles. The summed E-state index contributed by atoms with van der Waals surface area (Å²) in [5.74, 6) is 0.742. The molecule has 0 aliphatic carbocycles. The summed E-state index contributed by atoms with van der Waals surface area (Å²) in [6.07, 6.45) is 0.645. The molecule has 0 aliphatic rings. The van der Waals surface area contributed by atoms with E-state index in [2.05, 4.69) is 10.0 Å². The molecular formula is C25H28N2O4S. The number of hydrogen-bond donors (Lipinski definition) is 2. The highest BCUT2D eigenvalue weighted by Gasteiger charge is 2.18. The van der Waals surface area contributed by atoms with Crippen LogP contribution in [-0.2, 0) is 16.4 Å². The molecule has 2 N–H and O–H groups in total. The molecule has 6 nitrogen and oxygen atoms in total. The largest absolute Gasteiger partial charge is 0.497 e. The first-order chi connectivity index (χ1) is 15.3. The summed E-state index contributed by atoms with van der Waals surface area (Å²) in [4.78, 5) is 12.9. The third kappa shape index (κ3) is 5.88. The van der Waals surface area contributed by atoms with Gasteiger partial charge in [0, 0.05) is 6.54 Å². The summed E-state index contributed by atoms with van der Waals surface area (Å²) in [5.41, 5.74) is 2.62. The molecule has 0 radical (unpaired) electrons. The lowest BCUT2D eigenvalue weighted by Gasteiger charge is -2.13. The highest BCUT2D eigenvalue weighted by molar-refractivity contribution is 7.92. The minimum Gasteiger partial charge on any atom is -0.497 e.